The van der Waals surface area contributed by atoms with Gasteiger partial charge >= 0.3 is 0 Å². The zero-order valence-electron chi connectivity index (χ0n) is 13.5. The van der Waals surface area contributed by atoms with Crippen molar-refractivity contribution < 1.29 is 9.53 Å². The van der Waals surface area contributed by atoms with Crippen LogP contribution in [0.1, 0.15) is 37.9 Å². The minimum atomic E-state index is -0.0132. The Morgan fingerprint density at radius 3 is 2.77 bits per heavy atom. The number of methoxy groups -OCH3 is 1. The summed E-state index contributed by atoms with van der Waals surface area (Å²) in [7, 11) is 1.61. The Morgan fingerprint density at radius 1 is 1.36 bits per heavy atom. The molecule has 0 aliphatic heterocycles. The van der Waals surface area contributed by atoms with Crippen LogP contribution in [0, 0.1) is 0 Å². The number of anilines is 1. The summed E-state index contributed by atoms with van der Waals surface area (Å²) < 4.78 is 5.14. The number of benzene rings is 1. The van der Waals surface area contributed by atoms with E-state index in [1.165, 1.54) is 0 Å². The second-order valence-electron chi connectivity index (χ2n) is 6.16. The molecule has 118 valence electrons. The van der Waals surface area contributed by atoms with Gasteiger partial charge in [0, 0.05) is 35.4 Å². The molecule has 0 spiro atoms. The Kier molecular flexibility index (Phi) is 5.19. The molecule has 1 aromatic heterocycles. The molecule has 22 heavy (non-hydrogen) atoms. The van der Waals surface area contributed by atoms with Crippen molar-refractivity contribution in [2.75, 3.05) is 12.4 Å². The van der Waals surface area contributed by atoms with Gasteiger partial charge in [-0.3, -0.25) is 4.79 Å². The van der Waals surface area contributed by atoms with Crippen molar-refractivity contribution in [1.82, 2.24) is 4.98 Å². The highest BCUT2D eigenvalue weighted by Gasteiger charge is 2.17. The Labute approximate surface area is 135 Å². The number of hydrogen-bond donors (Lipinski definition) is 1. The molecule has 5 heteroatoms. The molecule has 4 nitrogen and oxygen atoms in total. The van der Waals surface area contributed by atoms with Crippen molar-refractivity contribution in [3.63, 3.8) is 0 Å². The minimum Gasteiger partial charge on any atom is -0.497 e. The first-order valence-electron chi connectivity index (χ1n) is 7.27. The van der Waals surface area contributed by atoms with Crippen molar-refractivity contribution >= 4 is 22.9 Å². The molecule has 0 saturated heterocycles. The molecule has 0 atom stereocenters. The van der Waals surface area contributed by atoms with Gasteiger partial charge in [0.05, 0.1) is 17.8 Å². The number of ether oxygens (including phenoxy) is 1. The van der Waals surface area contributed by atoms with Crippen molar-refractivity contribution in [2.24, 2.45) is 0 Å². The van der Waals surface area contributed by atoms with Crippen LogP contribution in [0.15, 0.2) is 29.6 Å². The summed E-state index contributed by atoms with van der Waals surface area (Å²) in [6.45, 7) is 6.42. The fourth-order valence-corrected chi connectivity index (χ4v) is 2.94. The van der Waals surface area contributed by atoms with Crippen LogP contribution in [-0.4, -0.2) is 18.0 Å². The first-order chi connectivity index (χ1) is 10.4. The summed E-state index contributed by atoms with van der Waals surface area (Å²) >= 11 is 1.62. The van der Waals surface area contributed by atoms with E-state index in [-0.39, 0.29) is 11.3 Å². The molecule has 0 unspecified atom stereocenters. The van der Waals surface area contributed by atoms with Crippen molar-refractivity contribution in [3.05, 3.63) is 40.3 Å². The Hall–Kier alpha value is -1.88. The van der Waals surface area contributed by atoms with Gasteiger partial charge in [0.25, 0.3) is 0 Å². The molecule has 1 amide bonds. The van der Waals surface area contributed by atoms with E-state index in [4.69, 9.17) is 4.74 Å². The Balaban J connectivity index is 1.88. The molecule has 2 aromatic rings. The molecule has 0 saturated carbocycles. The Morgan fingerprint density at radius 2 is 2.14 bits per heavy atom. The zero-order chi connectivity index (χ0) is 16.2. The number of amides is 1. The van der Waals surface area contributed by atoms with Crippen molar-refractivity contribution in [2.45, 2.75) is 39.0 Å². The number of carbonyl (C=O) groups is 1. The van der Waals surface area contributed by atoms with Gasteiger partial charge in [0.2, 0.25) is 5.91 Å². The molecule has 1 heterocycles. The zero-order valence-corrected chi connectivity index (χ0v) is 14.3. The van der Waals surface area contributed by atoms with Crippen LogP contribution in [0.2, 0.25) is 0 Å². The third-order valence-corrected chi connectivity index (χ3v) is 4.15. The topological polar surface area (TPSA) is 51.2 Å². The summed E-state index contributed by atoms with van der Waals surface area (Å²) in [6, 6.07) is 7.35. The van der Waals surface area contributed by atoms with Crippen molar-refractivity contribution in [1.29, 1.82) is 0 Å². The number of rotatable bonds is 5. The second kappa shape index (κ2) is 6.92. The number of aromatic nitrogens is 1. The average molecular weight is 318 g/mol. The van der Waals surface area contributed by atoms with Gasteiger partial charge in [-0.1, -0.05) is 26.8 Å². The molecule has 0 aliphatic rings. The number of hydrogen-bond acceptors (Lipinski definition) is 4. The first-order valence-corrected chi connectivity index (χ1v) is 8.15. The predicted molar refractivity (Wildman–Crippen MR) is 90.8 cm³/mol. The van der Waals surface area contributed by atoms with E-state index >= 15 is 0 Å². The lowest BCUT2D eigenvalue weighted by Crippen LogP contribution is -2.13. The quantitative estimate of drug-likeness (QED) is 0.906. The molecule has 1 aromatic carbocycles. The molecule has 2 rings (SSSR count). The third kappa shape index (κ3) is 4.56. The number of carbonyl (C=O) groups excluding carboxylic acids is 1. The summed E-state index contributed by atoms with van der Waals surface area (Å²) in [6.07, 6.45) is 1.09. The molecule has 0 fully saturated rings. The van der Waals surface area contributed by atoms with Gasteiger partial charge in [0.1, 0.15) is 5.75 Å². The highest BCUT2D eigenvalue weighted by atomic mass is 32.1. The van der Waals surface area contributed by atoms with Gasteiger partial charge < -0.3 is 10.1 Å². The third-order valence-electron chi connectivity index (χ3n) is 3.24. The maximum absolute atomic E-state index is 12.0. The fraction of sp³-hybridized carbons (Fsp3) is 0.412. The SMILES string of the molecule is COc1cccc(NC(=O)CCc2nc(C(C)(C)C)cs2)c1. The normalized spacial score (nSPS) is 11.3. The summed E-state index contributed by atoms with van der Waals surface area (Å²) in [4.78, 5) is 16.6. The van der Waals surface area contributed by atoms with Gasteiger partial charge in [0.15, 0.2) is 0 Å². The fourth-order valence-electron chi connectivity index (χ4n) is 1.91. The molecule has 0 aliphatic carbocycles. The van der Waals surface area contributed by atoms with Gasteiger partial charge in [-0.25, -0.2) is 4.98 Å². The van der Waals surface area contributed by atoms with E-state index in [1.54, 1.807) is 24.5 Å². The molecular formula is C17H22N2O2S. The van der Waals surface area contributed by atoms with Crippen LogP contribution in [0.3, 0.4) is 0 Å². The maximum atomic E-state index is 12.0. The van der Waals surface area contributed by atoms with Gasteiger partial charge in [-0.2, -0.15) is 0 Å². The predicted octanol–water partition coefficient (Wildman–Crippen LogP) is 4.02. The molecular weight excluding hydrogens is 296 g/mol. The first kappa shape index (κ1) is 16.5. The van der Waals surface area contributed by atoms with E-state index in [9.17, 15) is 4.79 Å². The number of aryl methyl sites for hydroxylation is 1. The second-order valence-corrected chi connectivity index (χ2v) is 7.10. The lowest BCUT2D eigenvalue weighted by molar-refractivity contribution is -0.116. The van der Waals surface area contributed by atoms with E-state index in [2.05, 4.69) is 36.5 Å². The van der Waals surface area contributed by atoms with E-state index in [0.29, 0.717) is 12.8 Å². The highest BCUT2D eigenvalue weighted by Crippen LogP contribution is 2.24. The van der Waals surface area contributed by atoms with Crippen LogP contribution in [0.4, 0.5) is 5.69 Å². The van der Waals surface area contributed by atoms with Crippen LogP contribution >= 0.6 is 11.3 Å². The van der Waals surface area contributed by atoms with Gasteiger partial charge in [-0.05, 0) is 12.1 Å². The summed E-state index contributed by atoms with van der Waals surface area (Å²) in [5.41, 5.74) is 1.89. The van der Waals surface area contributed by atoms with E-state index < -0.39 is 0 Å². The van der Waals surface area contributed by atoms with Crippen LogP contribution in [0.25, 0.3) is 0 Å². The molecule has 1 N–H and O–H groups in total. The molecule has 0 radical (unpaired) electrons. The highest BCUT2D eigenvalue weighted by molar-refractivity contribution is 7.09. The summed E-state index contributed by atoms with van der Waals surface area (Å²) in [5.74, 6) is 0.716. The monoisotopic (exact) mass is 318 g/mol. The minimum absolute atomic E-state index is 0.0132. The van der Waals surface area contributed by atoms with Gasteiger partial charge in [-0.15, -0.1) is 11.3 Å². The summed E-state index contributed by atoms with van der Waals surface area (Å²) in [5, 5.41) is 5.97. The number of thiazole rings is 1. The van der Waals surface area contributed by atoms with Crippen LogP contribution in [0.5, 0.6) is 5.75 Å². The smallest absolute Gasteiger partial charge is 0.224 e. The molecule has 0 bridgehead atoms. The lowest BCUT2D eigenvalue weighted by Gasteiger charge is -2.14. The van der Waals surface area contributed by atoms with Crippen LogP contribution in [-0.2, 0) is 16.6 Å². The maximum Gasteiger partial charge on any atom is 0.224 e. The van der Waals surface area contributed by atoms with Crippen molar-refractivity contribution in [3.8, 4) is 5.75 Å². The van der Waals surface area contributed by atoms with E-state index in [0.717, 1.165) is 22.1 Å². The number of nitrogens with one attached hydrogen (secondary N) is 1. The standard InChI is InChI=1S/C17H22N2O2S/c1-17(2,3)14-11-22-16(19-14)9-8-15(20)18-12-6-5-7-13(10-12)21-4/h5-7,10-11H,8-9H2,1-4H3,(H,18,20). The largest absolute Gasteiger partial charge is 0.497 e. The van der Waals surface area contributed by atoms with E-state index in [1.807, 2.05) is 18.2 Å². The van der Waals surface area contributed by atoms with Crippen LogP contribution < -0.4 is 10.1 Å². The average Bonchev–Trinajstić information content (AvgIpc) is 2.94. The Bertz CT molecular complexity index is 644. The number of nitrogens with zero attached hydrogens (tertiary/aromatic N) is 1. The lowest BCUT2D eigenvalue weighted by atomic mass is 9.93.